The molecule has 1 aromatic carbocycles. The molecule has 1 atom stereocenters. The van der Waals surface area contributed by atoms with Crippen molar-refractivity contribution in [2.45, 2.75) is 26.4 Å². The second-order valence-electron chi connectivity index (χ2n) is 6.57. The molecule has 138 valence electrons. The first kappa shape index (κ1) is 18.1. The molecule has 0 unspecified atom stereocenters. The van der Waals surface area contributed by atoms with Crippen LogP contribution < -0.4 is 10.2 Å². The maximum atomic E-state index is 11.6. The molecule has 0 bridgehead atoms. The number of carbonyl (C=O) groups excluding carboxylic acids is 1. The number of nitrogens with zero attached hydrogens (tertiary/aromatic N) is 3. The SMILES string of the molecule is CNC(=O)C[C@@H]1CN(c2ccc(-c3c(C)cc(C)cc3O)nn2)CCO1. The maximum absolute atomic E-state index is 11.6. The number of ether oxygens (including phenoxy) is 1. The van der Waals surface area contributed by atoms with E-state index >= 15 is 0 Å². The Morgan fingerprint density at radius 1 is 1.35 bits per heavy atom. The molecule has 2 heterocycles. The number of carbonyl (C=O) groups is 1. The molecule has 7 nitrogen and oxygen atoms in total. The molecule has 1 aliphatic heterocycles. The Labute approximate surface area is 153 Å². The van der Waals surface area contributed by atoms with Gasteiger partial charge in [0.2, 0.25) is 5.91 Å². The van der Waals surface area contributed by atoms with Gasteiger partial charge in [-0.05, 0) is 43.2 Å². The quantitative estimate of drug-likeness (QED) is 0.869. The first-order valence-electron chi connectivity index (χ1n) is 8.69. The van der Waals surface area contributed by atoms with Crippen LogP contribution in [0.3, 0.4) is 0 Å². The molecule has 3 rings (SSSR count). The zero-order valence-electron chi connectivity index (χ0n) is 15.3. The molecule has 7 heteroatoms. The highest BCUT2D eigenvalue weighted by atomic mass is 16.5. The summed E-state index contributed by atoms with van der Waals surface area (Å²) >= 11 is 0. The van der Waals surface area contributed by atoms with Crippen molar-refractivity contribution in [3.8, 4) is 17.0 Å². The summed E-state index contributed by atoms with van der Waals surface area (Å²) in [5.41, 5.74) is 3.30. The number of nitrogens with one attached hydrogen (secondary N) is 1. The zero-order valence-corrected chi connectivity index (χ0v) is 15.3. The van der Waals surface area contributed by atoms with Gasteiger partial charge in [-0.1, -0.05) is 6.07 Å². The van der Waals surface area contributed by atoms with E-state index in [4.69, 9.17) is 4.74 Å². The summed E-state index contributed by atoms with van der Waals surface area (Å²) in [6.07, 6.45) is 0.170. The number of morpholine rings is 1. The number of phenols is 1. The van der Waals surface area contributed by atoms with Crippen molar-refractivity contribution in [3.63, 3.8) is 0 Å². The van der Waals surface area contributed by atoms with Crippen molar-refractivity contribution < 1.29 is 14.6 Å². The maximum Gasteiger partial charge on any atom is 0.222 e. The zero-order chi connectivity index (χ0) is 18.7. The number of hydrogen-bond acceptors (Lipinski definition) is 6. The number of hydrogen-bond donors (Lipinski definition) is 2. The Morgan fingerprint density at radius 3 is 2.81 bits per heavy atom. The molecule has 1 saturated heterocycles. The Hall–Kier alpha value is -2.67. The van der Waals surface area contributed by atoms with Crippen LogP contribution in [-0.4, -0.2) is 54.1 Å². The number of aromatic nitrogens is 2. The summed E-state index contributed by atoms with van der Waals surface area (Å²) < 4.78 is 5.65. The molecule has 26 heavy (non-hydrogen) atoms. The molecule has 0 spiro atoms. The third-order valence-corrected chi connectivity index (χ3v) is 4.52. The lowest BCUT2D eigenvalue weighted by molar-refractivity contribution is -0.123. The van der Waals surface area contributed by atoms with Crippen molar-refractivity contribution in [3.05, 3.63) is 35.4 Å². The second kappa shape index (κ2) is 7.70. The summed E-state index contributed by atoms with van der Waals surface area (Å²) in [6.45, 7) is 5.73. The Morgan fingerprint density at radius 2 is 2.15 bits per heavy atom. The monoisotopic (exact) mass is 356 g/mol. The lowest BCUT2D eigenvalue weighted by Crippen LogP contribution is -2.44. The molecule has 1 aliphatic rings. The van der Waals surface area contributed by atoms with Crippen LogP contribution in [-0.2, 0) is 9.53 Å². The smallest absolute Gasteiger partial charge is 0.222 e. The molecular weight excluding hydrogens is 332 g/mol. The van der Waals surface area contributed by atoms with Gasteiger partial charge in [0.15, 0.2) is 5.82 Å². The summed E-state index contributed by atoms with van der Waals surface area (Å²) in [5.74, 6) is 0.911. The lowest BCUT2D eigenvalue weighted by Gasteiger charge is -2.33. The van der Waals surface area contributed by atoms with Gasteiger partial charge in [-0.15, -0.1) is 10.2 Å². The predicted molar refractivity (Wildman–Crippen MR) is 99.2 cm³/mol. The van der Waals surface area contributed by atoms with Crippen molar-refractivity contribution >= 4 is 11.7 Å². The fourth-order valence-corrected chi connectivity index (χ4v) is 3.27. The number of rotatable bonds is 4. The number of amides is 1. The van der Waals surface area contributed by atoms with Crippen LogP contribution in [0, 0.1) is 13.8 Å². The topological polar surface area (TPSA) is 87.6 Å². The number of anilines is 1. The molecule has 1 aromatic heterocycles. The van der Waals surface area contributed by atoms with Crippen LogP contribution in [0.1, 0.15) is 17.5 Å². The van der Waals surface area contributed by atoms with Crippen molar-refractivity contribution in [1.82, 2.24) is 15.5 Å². The van der Waals surface area contributed by atoms with E-state index in [1.54, 1.807) is 13.1 Å². The van der Waals surface area contributed by atoms with Crippen molar-refractivity contribution in [2.75, 3.05) is 31.6 Å². The van der Waals surface area contributed by atoms with Crippen LogP contribution in [0.25, 0.3) is 11.3 Å². The number of aromatic hydroxyl groups is 1. The van der Waals surface area contributed by atoms with Gasteiger partial charge in [0.25, 0.3) is 0 Å². The van der Waals surface area contributed by atoms with Gasteiger partial charge in [-0.3, -0.25) is 4.79 Å². The second-order valence-corrected chi connectivity index (χ2v) is 6.57. The summed E-state index contributed by atoms with van der Waals surface area (Å²) in [5, 5.41) is 21.5. The van der Waals surface area contributed by atoms with E-state index in [2.05, 4.69) is 20.4 Å². The van der Waals surface area contributed by atoms with Gasteiger partial charge in [0.05, 0.1) is 24.8 Å². The van der Waals surface area contributed by atoms with E-state index in [1.807, 2.05) is 32.0 Å². The average molecular weight is 356 g/mol. The third kappa shape index (κ3) is 3.94. The van der Waals surface area contributed by atoms with Gasteiger partial charge in [-0.25, -0.2) is 0 Å². The first-order chi connectivity index (χ1) is 12.5. The van der Waals surface area contributed by atoms with E-state index in [0.717, 1.165) is 16.9 Å². The molecular formula is C19H24N4O3. The molecule has 0 aliphatic carbocycles. The number of aryl methyl sites for hydroxylation is 2. The molecule has 0 radical (unpaired) electrons. The fraction of sp³-hybridized carbons (Fsp3) is 0.421. The highest BCUT2D eigenvalue weighted by Gasteiger charge is 2.24. The first-order valence-corrected chi connectivity index (χ1v) is 8.69. The minimum absolute atomic E-state index is 0.0383. The Bertz CT molecular complexity index is 769. The fourth-order valence-electron chi connectivity index (χ4n) is 3.27. The molecule has 2 N–H and O–H groups in total. The average Bonchev–Trinajstić information content (AvgIpc) is 2.61. The van der Waals surface area contributed by atoms with Crippen molar-refractivity contribution in [1.29, 1.82) is 0 Å². The lowest BCUT2D eigenvalue weighted by atomic mass is 10.0. The molecule has 2 aromatic rings. The van der Waals surface area contributed by atoms with Crippen molar-refractivity contribution in [2.24, 2.45) is 0 Å². The number of benzene rings is 1. The van der Waals surface area contributed by atoms with E-state index in [1.165, 1.54) is 0 Å². The van der Waals surface area contributed by atoms with Gasteiger partial charge in [-0.2, -0.15) is 0 Å². The molecule has 0 saturated carbocycles. The normalized spacial score (nSPS) is 17.2. The summed E-state index contributed by atoms with van der Waals surface area (Å²) in [7, 11) is 1.62. The van der Waals surface area contributed by atoms with Gasteiger partial charge in [0, 0.05) is 25.7 Å². The molecule has 1 fully saturated rings. The van der Waals surface area contributed by atoms with Crippen LogP contribution in [0.4, 0.5) is 5.82 Å². The van der Waals surface area contributed by atoms with Crippen LogP contribution in [0.15, 0.2) is 24.3 Å². The largest absolute Gasteiger partial charge is 0.507 e. The molecule has 1 amide bonds. The Kier molecular flexibility index (Phi) is 5.37. The van der Waals surface area contributed by atoms with Crippen LogP contribution in [0.5, 0.6) is 5.75 Å². The van der Waals surface area contributed by atoms with Gasteiger partial charge < -0.3 is 20.1 Å². The summed E-state index contributed by atoms with van der Waals surface area (Å²) in [4.78, 5) is 13.6. The van der Waals surface area contributed by atoms with E-state index in [0.29, 0.717) is 37.4 Å². The van der Waals surface area contributed by atoms with Gasteiger partial charge in [0.1, 0.15) is 5.75 Å². The van der Waals surface area contributed by atoms with Crippen LogP contribution >= 0.6 is 0 Å². The minimum Gasteiger partial charge on any atom is -0.507 e. The standard InChI is InChI=1S/C19H24N4O3/c1-12-8-13(2)19(16(24)9-12)15-4-5-17(22-21-15)23-6-7-26-14(11-23)10-18(25)20-3/h4-5,8-9,14,24H,6-7,10-11H2,1-3H3,(H,20,25)/t14-/m1/s1. The summed E-state index contributed by atoms with van der Waals surface area (Å²) in [6, 6.07) is 7.49. The van der Waals surface area contributed by atoms with Crippen LogP contribution in [0.2, 0.25) is 0 Å². The third-order valence-electron chi connectivity index (χ3n) is 4.52. The predicted octanol–water partition coefficient (Wildman–Crippen LogP) is 1.81. The van der Waals surface area contributed by atoms with E-state index in [-0.39, 0.29) is 17.8 Å². The minimum atomic E-state index is -0.159. The highest BCUT2D eigenvalue weighted by molar-refractivity contribution is 5.76. The van der Waals surface area contributed by atoms with E-state index in [9.17, 15) is 9.90 Å². The van der Waals surface area contributed by atoms with E-state index < -0.39 is 0 Å². The highest BCUT2D eigenvalue weighted by Crippen LogP contribution is 2.32. The van der Waals surface area contributed by atoms with Gasteiger partial charge >= 0.3 is 0 Å². The Balaban J connectivity index is 1.76. The number of phenolic OH excluding ortho intramolecular Hbond substituents is 1.